The van der Waals surface area contributed by atoms with E-state index < -0.39 is 6.29 Å². The Morgan fingerprint density at radius 3 is 2.25 bits per heavy atom. The Morgan fingerprint density at radius 1 is 1.88 bits per heavy atom. The van der Waals surface area contributed by atoms with Crippen LogP contribution in [-0.2, 0) is 9.09 Å². The predicted molar refractivity (Wildman–Crippen MR) is 25.0 cm³/mol. The van der Waals surface area contributed by atoms with Crippen LogP contribution in [0.2, 0.25) is 0 Å². The van der Waals surface area contributed by atoms with E-state index in [2.05, 4.69) is 4.52 Å². The molecule has 44 valence electrons. The normalized spacial score (nSPS) is 16.4. The summed E-state index contributed by atoms with van der Waals surface area (Å²) in [7, 11) is 0. The standard InChI is InChI=1S/C2H7O3PSe.Na/c1-2-5-6(3,4)7;/h2H2,1H3,(H2,3,4,7);/q;+1/p-2. The molecule has 0 amide bonds. The molecule has 0 bridgehead atoms. The van der Waals surface area contributed by atoms with Gasteiger partial charge in [-0.2, -0.15) is 0 Å². The van der Waals surface area contributed by atoms with Gasteiger partial charge < -0.3 is 0 Å². The first-order chi connectivity index (χ1) is 3.06. The predicted octanol–water partition coefficient (Wildman–Crippen LogP) is -3.34. The Hall–Kier alpha value is 1.67. The number of hydrogen-bond donors (Lipinski definition) is 0. The van der Waals surface area contributed by atoms with Crippen molar-refractivity contribution in [2.75, 3.05) is 6.61 Å². The second-order valence-corrected chi connectivity index (χ2v) is 4.83. The molecule has 8 heavy (non-hydrogen) atoms. The van der Waals surface area contributed by atoms with E-state index in [1.807, 2.05) is 15.6 Å². The molecule has 0 aliphatic heterocycles. The molecule has 6 heteroatoms. The van der Waals surface area contributed by atoms with Crippen LogP contribution in [-0.4, -0.2) is 22.2 Å². The van der Waals surface area contributed by atoms with E-state index in [1.54, 1.807) is 6.92 Å². The van der Waals surface area contributed by atoms with Crippen LogP contribution in [0.5, 0.6) is 0 Å². The average Bonchev–Trinajstić information content (AvgIpc) is 1.30. The molecular formula is C2H5NaO3PSe-. The molecule has 0 aliphatic rings. The van der Waals surface area contributed by atoms with Crippen molar-refractivity contribution < 1.29 is 43.5 Å². The summed E-state index contributed by atoms with van der Waals surface area (Å²) < 4.78 is 14.2. The SMILES string of the molecule is CCOP(=O)([O-])[Se-].[Na+]. The molecule has 0 N–H and O–H groups in total. The molecule has 1 unspecified atom stereocenters. The molecule has 0 aromatic heterocycles. The van der Waals surface area contributed by atoms with Crippen molar-refractivity contribution in [2.45, 2.75) is 6.92 Å². The van der Waals surface area contributed by atoms with Crippen LogP contribution < -0.4 is 34.5 Å². The topological polar surface area (TPSA) is 49.4 Å². The summed E-state index contributed by atoms with van der Waals surface area (Å²) in [6, 6.07) is 0. The fraction of sp³-hybridized carbons (Fsp3) is 1.00. The van der Waals surface area contributed by atoms with Gasteiger partial charge >= 0.3 is 78.9 Å². The van der Waals surface area contributed by atoms with E-state index in [0.29, 0.717) is 0 Å². The minimum absolute atomic E-state index is 0. The van der Waals surface area contributed by atoms with Crippen LogP contribution in [0.3, 0.4) is 0 Å². The molecule has 0 aromatic carbocycles. The van der Waals surface area contributed by atoms with Crippen molar-refractivity contribution >= 4 is 21.9 Å². The van der Waals surface area contributed by atoms with Crippen molar-refractivity contribution in [1.82, 2.24) is 0 Å². The van der Waals surface area contributed by atoms with Gasteiger partial charge in [0.1, 0.15) is 0 Å². The molecule has 0 spiro atoms. The van der Waals surface area contributed by atoms with Crippen molar-refractivity contribution in [3.8, 4) is 0 Å². The summed E-state index contributed by atoms with van der Waals surface area (Å²) in [5.41, 5.74) is 0. The molecule has 0 aromatic rings. The summed E-state index contributed by atoms with van der Waals surface area (Å²) in [5.74, 6) is 0. The maximum absolute atomic E-state index is 9.98. The van der Waals surface area contributed by atoms with Crippen LogP contribution >= 0.6 is 6.29 Å². The van der Waals surface area contributed by atoms with E-state index in [1.165, 1.54) is 0 Å². The first-order valence-corrected chi connectivity index (χ1v) is 5.48. The first kappa shape index (κ1) is 12.4. The maximum atomic E-state index is 9.98. The van der Waals surface area contributed by atoms with Crippen molar-refractivity contribution in [3.05, 3.63) is 0 Å². The van der Waals surface area contributed by atoms with Crippen molar-refractivity contribution in [2.24, 2.45) is 0 Å². The summed E-state index contributed by atoms with van der Waals surface area (Å²) in [6.45, 7) is 1.82. The van der Waals surface area contributed by atoms with Crippen molar-refractivity contribution in [3.63, 3.8) is 0 Å². The zero-order valence-corrected chi connectivity index (χ0v) is 9.39. The van der Waals surface area contributed by atoms with Gasteiger partial charge in [0, 0.05) is 0 Å². The fourth-order valence-electron chi connectivity index (χ4n) is 0.158. The number of rotatable bonds is 2. The summed E-state index contributed by atoms with van der Waals surface area (Å²) >= 11 is 1.90. The zero-order chi connectivity index (χ0) is 5.91. The van der Waals surface area contributed by atoms with E-state index in [0.717, 1.165) is 0 Å². The molecule has 0 saturated heterocycles. The number of hydrogen-bond acceptors (Lipinski definition) is 3. The molecule has 0 radical (unpaired) electrons. The molecule has 0 saturated carbocycles. The average molecular weight is 210 g/mol. The molecule has 0 fully saturated rings. The summed E-state index contributed by atoms with van der Waals surface area (Å²) in [5, 5.41) is 0. The van der Waals surface area contributed by atoms with Gasteiger partial charge in [-0.15, -0.1) is 0 Å². The third-order valence-corrected chi connectivity index (χ3v) is 1.53. The van der Waals surface area contributed by atoms with E-state index >= 15 is 0 Å². The molecule has 3 nitrogen and oxygen atoms in total. The third-order valence-electron chi connectivity index (χ3n) is 0.287. The minimum atomic E-state index is -3.54. The zero-order valence-electron chi connectivity index (χ0n) is 4.79. The van der Waals surface area contributed by atoms with Crippen LogP contribution in [0.4, 0.5) is 0 Å². The van der Waals surface area contributed by atoms with Gasteiger partial charge in [0.05, 0.1) is 0 Å². The van der Waals surface area contributed by atoms with E-state index in [9.17, 15) is 9.46 Å². The minimum Gasteiger partial charge on any atom is 1.00 e. The van der Waals surface area contributed by atoms with Gasteiger partial charge in [-0.25, -0.2) is 0 Å². The van der Waals surface area contributed by atoms with Gasteiger partial charge in [0.25, 0.3) is 0 Å². The van der Waals surface area contributed by atoms with Gasteiger partial charge in [-0.05, 0) is 0 Å². The molecular weight excluding hydrogens is 205 g/mol. The molecule has 0 aliphatic carbocycles. The Labute approximate surface area is 78.4 Å². The molecule has 0 heterocycles. The van der Waals surface area contributed by atoms with Crippen LogP contribution in [0.25, 0.3) is 0 Å². The Kier molecular flexibility index (Phi) is 8.42. The second-order valence-electron chi connectivity index (χ2n) is 0.865. The van der Waals surface area contributed by atoms with E-state index in [-0.39, 0.29) is 36.2 Å². The summed E-state index contributed by atoms with van der Waals surface area (Å²) in [4.78, 5) is 9.98. The Bertz CT molecular complexity index is 91.3. The molecule has 0 rings (SSSR count). The van der Waals surface area contributed by atoms with Gasteiger partial charge in [0.2, 0.25) is 0 Å². The van der Waals surface area contributed by atoms with Crippen LogP contribution in [0.15, 0.2) is 0 Å². The van der Waals surface area contributed by atoms with Gasteiger partial charge in [-0.1, -0.05) is 0 Å². The quantitative estimate of drug-likeness (QED) is 0.353. The smallest absolute Gasteiger partial charge is 1.00 e. The third kappa shape index (κ3) is 10.6. The first-order valence-electron chi connectivity index (χ1n) is 1.73. The van der Waals surface area contributed by atoms with Crippen LogP contribution in [0.1, 0.15) is 6.92 Å². The van der Waals surface area contributed by atoms with Crippen LogP contribution in [0, 0.1) is 0 Å². The van der Waals surface area contributed by atoms with Crippen molar-refractivity contribution in [1.29, 1.82) is 0 Å². The fourth-order valence-corrected chi connectivity index (χ4v) is 1.14. The Balaban J connectivity index is 0. The second kappa shape index (κ2) is 5.45. The monoisotopic (exact) mass is 211 g/mol. The maximum Gasteiger partial charge on any atom is 1.00 e. The Morgan fingerprint density at radius 2 is 2.25 bits per heavy atom. The van der Waals surface area contributed by atoms with Gasteiger partial charge in [-0.3, -0.25) is 0 Å². The summed E-state index contributed by atoms with van der Waals surface area (Å²) in [6.07, 6.45) is -3.54. The largest absolute Gasteiger partial charge is 1.00 e. The van der Waals surface area contributed by atoms with E-state index in [4.69, 9.17) is 0 Å². The molecule has 1 atom stereocenters. The van der Waals surface area contributed by atoms with Gasteiger partial charge in [0.15, 0.2) is 0 Å².